The quantitative estimate of drug-likeness (QED) is 0.732. The summed E-state index contributed by atoms with van der Waals surface area (Å²) < 4.78 is 7.09. The Labute approximate surface area is 106 Å². The summed E-state index contributed by atoms with van der Waals surface area (Å²) >= 11 is 0. The highest BCUT2D eigenvalue weighted by Crippen LogP contribution is 2.36. The van der Waals surface area contributed by atoms with E-state index in [0.717, 1.165) is 32.4 Å². The molecule has 98 valence electrons. The summed E-state index contributed by atoms with van der Waals surface area (Å²) in [7, 11) is 1.77. The largest absolute Gasteiger partial charge is 0.379 e. The minimum Gasteiger partial charge on any atom is -0.379 e. The molecule has 3 heterocycles. The Kier molecular flexibility index (Phi) is 2.81. The summed E-state index contributed by atoms with van der Waals surface area (Å²) in [6.45, 7) is 2.22. The predicted molar refractivity (Wildman–Crippen MR) is 64.1 cm³/mol. The highest BCUT2D eigenvalue weighted by molar-refractivity contribution is 5.92. The molecule has 0 saturated carbocycles. The van der Waals surface area contributed by atoms with E-state index in [2.05, 4.69) is 10.3 Å². The van der Waals surface area contributed by atoms with Crippen LogP contribution in [0.15, 0.2) is 6.20 Å². The number of ether oxygens (including phenoxy) is 1. The zero-order valence-corrected chi connectivity index (χ0v) is 10.6. The van der Waals surface area contributed by atoms with Gasteiger partial charge in [-0.2, -0.15) is 0 Å². The number of rotatable bonds is 1. The fourth-order valence-corrected chi connectivity index (χ4v) is 3.00. The lowest BCUT2D eigenvalue weighted by atomic mass is 9.85. The molecule has 0 N–H and O–H groups in total. The Hall–Kier alpha value is -1.43. The number of carbonyl (C=O) groups excluding carboxylic acids is 1. The van der Waals surface area contributed by atoms with E-state index in [4.69, 9.17) is 4.74 Å². The molecule has 2 aliphatic rings. The van der Waals surface area contributed by atoms with Gasteiger partial charge in [-0.3, -0.25) is 9.48 Å². The van der Waals surface area contributed by atoms with Gasteiger partial charge in [0, 0.05) is 20.2 Å². The molecule has 1 aromatic heterocycles. The van der Waals surface area contributed by atoms with Crippen molar-refractivity contribution in [2.45, 2.75) is 31.2 Å². The van der Waals surface area contributed by atoms with E-state index in [9.17, 15) is 4.79 Å². The molecule has 2 aliphatic heterocycles. The lowest BCUT2D eigenvalue weighted by molar-refractivity contribution is 0.0250. The monoisotopic (exact) mass is 250 g/mol. The molecule has 18 heavy (non-hydrogen) atoms. The minimum atomic E-state index is -0.0904. The summed E-state index contributed by atoms with van der Waals surface area (Å²) in [4.78, 5) is 14.5. The molecule has 1 amide bonds. The molecule has 1 unspecified atom stereocenters. The molecule has 6 heteroatoms. The lowest BCUT2D eigenvalue weighted by Gasteiger charge is -2.43. The Morgan fingerprint density at radius 3 is 3.00 bits per heavy atom. The average Bonchev–Trinajstić information content (AvgIpc) is 2.99. The van der Waals surface area contributed by atoms with Crippen molar-refractivity contribution in [1.29, 1.82) is 0 Å². The highest BCUT2D eigenvalue weighted by atomic mass is 16.5. The van der Waals surface area contributed by atoms with Gasteiger partial charge in [-0.05, 0) is 25.7 Å². The smallest absolute Gasteiger partial charge is 0.276 e. The number of carbonyl (C=O) groups is 1. The van der Waals surface area contributed by atoms with Crippen molar-refractivity contribution in [3.8, 4) is 0 Å². The van der Waals surface area contributed by atoms with Gasteiger partial charge in [0.05, 0.1) is 18.3 Å². The summed E-state index contributed by atoms with van der Waals surface area (Å²) in [5, 5.41) is 7.76. The van der Waals surface area contributed by atoms with Crippen LogP contribution in [0.2, 0.25) is 0 Å². The van der Waals surface area contributed by atoms with Crippen LogP contribution < -0.4 is 0 Å². The van der Waals surface area contributed by atoms with Gasteiger partial charge in [0.1, 0.15) is 0 Å². The van der Waals surface area contributed by atoms with E-state index in [1.807, 2.05) is 4.90 Å². The number of aromatic nitrogens is 3. The van der Waals surface area contributed by atoms with Gasteiger partial charge < -0.3 is 9.64 Å². The van der Waals surface area contributed by atoms with Gasteiger partial charge in [0.2, 0.25) is 0 Å². The molecule has 0 aromatic carbocycles. The molecule has 6 nitrogen and oxygen atoms in total. The number of piperidine rings is 1. The van der Waals surface area contributed by atoms with Gasteiger partial charge >= 0.3 is 0 Å². The summed E-state index contributed by atoms with van der Waals surface area (Å²) in [6, 6.07) is 0. The first-order chi connectivity index (χ1) is 8.71. The van der Waals surface area contributed by atoms with E-state index in [-0.39, 0.29) is 11.4 Å². The molecule has 1 aromatic rings. The van der Waals surface area contributed by atoms with E-state index < -0.39 is 0 Å². The Bertz CT molecular complexity index is 451. The SMILES string of the molecule is Cn1cc(C(=O)N2CCCCC23CCOC3)nn1. The molecular formula is C12H18N4O2. The second-order valence-electron chi connectivity index (χ2n) is 5.22. The molecule has 3 rings (SSSR count). The first-order valence-corrected chi connectivity index (χ1v) is 6.47. The Morgan fingerprint density at radius 1 is 1.44 bits per heavy atom. The number of amides is 1. The van der Waals surface area contributed by atoms with Gasteiger partial charge in [0.15, 0.2) is 5.69 Å². The van der Waals surface area contributed by atoms with Crippen molar-refractivity contribution in [3.05, 3.63) is 11.9 Å². The van der Waals surface area contributed by atoms with Crippen molar-refractivity contribution in [1.82, 2.24) is 19.9 Å². The van der Waals surface area contributed by atoms with Crippen molar-refractivity contribution >= 4 is 5.91 Å². The number of aryl methyl sites for hydroxylation is 1. The van der Waals surface area contributed by atoms with Crippen LogP contribution in [0.3, 0.4) is 0 Å². The standard InChI is InChI=1S/C12H18N4O2/c1-15-8-10(13-14-15)11(17)16-6-3-2-4-12(16)5-7-18-9-12/h8H,2-7,9H2,1H3. The number of likely N-dealkylation sites (tertiary alicyclic amines) is 1. The summed E-state index contributed by atoms with van der Waals surface area (Å²) in [6.07, 6.45) is 5.90. The van der Waals surface area contributed by atoms with Crippen molar-refractivity contribution in [2.75, 3.05) is 19.8 Å². The third-order valence-corrected chi connectivity index (χ3v) is 4.00. The zero-order valence-electron chi connectivity index (χ0n) is 10.6. The van der Waals surface area contributed by atoms with Crippen LogP contribution in [0.4, 0.5) is 0 Å². The second kappa shape index (κ2) is 4.35. The van der Waals surface area contributed by atoms with Crippen LogP contribution in [0.1, 0.15) is 36.2 Å². The number of hydrogen-bond acceptors (Lipinski definition) is 4. The molecule has 1 atom stereocenters. The topological polar surface area (TPSA) is 60.2 Å². The molecular weight excluding hydrogens is 232 g/mol. The first-order valence-electron chi connectivity index (χ1n) is 6.47. The maximum absolute atomic E-state index is 12.5. The third-order valence-electron chi connectivity index (χ3n) is 4.00. The van der Waals surface area contributed by atoms with Crippen LogP contribution in [0.5, 0.6) is 0 Å². The van der Waals surface area contributed by atoms with E-state index >= 15 is 0 Å². The average molecular weight is 250 g/mol. The maximum Gasteiger partial charge on any atom is 0.276 e. The second-order valence-corrected chi connectivity index (χ2v) is 5.22. The van der Waals surface area contributed by atoms with Gasteiger partial charge in [-0.15, -0.1) is 5.10 Å². The fourth-order valence-electron chi connectivity index (χ4n) is 3.00. The summed E-state index contributed by atoms with van der Waals surface area (Å²) in [5.74, 6) is -0.00620. The Morgan fingerprint density at radius 2 is 2.33 bits per heavy atom. The van der Waals surface area contributed by atoms with E-state index in [1.54, 1.807) is 17.9 Å². The van der Waals surface area contributed by atoms with Crippen LogP contribution >= 0.6 is 0 Å². The van der Waals surface area contributed by atoms with Crippen LogP contribution in [0.25, 0.3) is 0 Å². The molecule has 1 spiro atoms. The normalized spacial score (nSPS) is 27.9. The lowest BCUT2D eigenvalue weighted by Crippen LogP contribution is -2.55. The number of hydrogen-bond donors (Lipinski definition) is 0. The van der Waals surface area contributed by atoms with Crippen molar-refractivity contribution in [3.63, 3.8) is 0 Å². The van der Waals surface area contributed by atoms with Crippen molar-refractivity contribution in [2.24, 2.45) is 7.05 Å². The maximum atomic E-state index is 12.5. The van der Waals surface area contributed by atoms with Gasteiger partial charge in [-0.1, -0.05) is 5.21 Å². The Balaban J connectivity index is 1.86. The van der Waals surface area contributed by atoms with Gasteiger partial charge in [-0.25, -0.2) is 0 Å². The van der Waals surface area contributed by atoms with E-state index in [0.29, 0.717) is 12.3 Å². The number of nitrogens with zero attached hydrogens (tertiary/aromatic N) is 4. The third kappa shape index (κ3) is 1.80. The van der Waals surface area contributed by atoms with Crippen LogP contribution in [-0.4, -0.2) is 51.1 Å². The van der Waals surface area contributed by atoms with Crippen molar-refractivity contribution < 1.29 is 9.53 Å². The fraction of sp³-hybridized carbons (Fsp3) is 0.750. The van der Waals surface area contributed by atoms with Gasteiger partial charge in [0.25, 0.3) is 5.91 Å². The molecule has 2 fully saturated rings. The molecule has 0 bridgehead atoms. The first kappa shape index (κ1) is 11.6. The molecule has 0 radical (unpaired) electrons. The minimum absolute atomic E-state index is 0.00620. The van der Waals surface area contributed by atoms with Crippen LogP contribution in [0, 0.1) is 0 Å². The molecule has 2 saturated heterocycles. The summed E-state index contributed by atoms with van der Waals surface area (Å²) in [5.41, 5.74) is 0.345. The zero-order chi connectivity index (χ0) is 12.6. The van der Waals surface area contributed by atoms with E-state index in [1.165, 1.54) is 6.42 Å². The predicted octanol–water partition coefficient (Wildman–Crippen LogP) is 0.600. The highest BCUT2D eigenvalue weighted by Gasteiger charge is 2.45. The molecule has 0 aliphatic carbocycles. The van der Waals surface area contributed by atoms with Crippen LogP contribution in [-0.2, 0) is 11.8 Å².